The maximum absolute atomic E-state index is 14.0. The van der Waals surface area contributed by atoms with Crippen LogP contribution in [-0.2, 0) is 4.74 Å². The maximum atomic E-state index is 14.0. The Kier molecular flexibility index (Phi) is 7.95. The molecule has 0 bridgehead atoms. The molecule has 0 spiro atoms. The van der Waals surface area contributed by atoms with Gasteiger partial charge in [-0.3, -0.25) is 9.59 Å². The van der Waals surface area contributed by atoms with E-state index in [0.717, 1.165) is 24.5 Å². The van der Waals surface area contributed by atoms with Crippen LogP contribution in [0.1, 0.15) is 62.3 Å². The number of pyridine rings is 1. The van der Waals surface area contributed by atoms with Crippen LogP contribution in [0.2, 0.25) is 5.15 Å². The third kappa shape index (κ3) is 5.71. The van der Waals surface area contributed by atoms with E-state index < -0.39 is 17.7 Å². The minimum absolute atomic E-state index is 0.0665. The van der Waals surface area contributed by atoms with Crippen LogP contribution in [0.15, 0.2) is 60.8 Å². The Morgan fingerprint density at radius 3 is 2.28 bits per heavy atom. The number of anilines is 1. The standard InChI is InChI=1S/C27H25ClFN3O4/c1-2-36-27(35)20-5-3-19(4-6-20)26(34)32-15-12-18(13-16-32)17-7-9-21(10-8-17)31-25(33)23-22(29)11-14-30-24(23)28/h3-11,14,18H,2,12-13,15-16H2,1H3,(H,31,33). The van der Waals surface area contributed by atoms with E-state index in [1.54, 1.807) is 43.3 Å². The molecule has 0 aliphatic carbocycles. The quantitative estimate of drug-likeness (QED) is 0.359. The van der Waals surface area contributed by atoms with Crippen LogP contribution >= 0.6 is 11.6 Å². The van der Waals surface area contributed by atoms with Crippen LogP contribution in [0, 0.1) is 5.82 Å². The predicted octanol–water partition coefficient (Wildman–Crippen LogP) is 5.32. The van der Waals surface area contributed by atoms with Crippen molar-refractivity contribution in [2.24, 2.45) is 0 Å². The van der Waals surface area contributed by atoms with Crippen molar-refractivity contribution in [2.45, 2.75) is 25.7 Å². The molecular weight excluding hydrogens is 485 g/mol. The molecule has 3 aromatic rings. The van der Waals surface area contributed by atoms with E-state index in [0.29, 0.717) is 36.5 Å². The second kappa shape index (κ2) is 11.3. The van der Waals surface area contributed by atoms with Gasteiger partial charge in [-0.15, -0.1) is 0 Å². The van der Waals surface area contributed by atoms with Crippen molar-refractivity contribution in [2.75, 3.05) is 25.0 Å². The van der Waals surface area contributed by atoms with Gasteiger partial charge in [0.15, 0.2) is 0 Å². The van der Waals surface area contributed by atoms with Gasteiger partial charge in [-0.25, -0.2) is 14.2 Å². The lowest BCUT2D eigenvalue weighted by atomic mass is 9.89. The maximum Gasteiger partial charge on any atom is 0.338 e. The summed E-state index contributed by atoms with van der Waals surface area (Å²) in [6.45, 7) is 3.26. The Morgan fingerprint density at radius 1 is 1.03 bits per heavy atom. The lowest BCUT2D eigenvalue weighted by Gasteiger charge is -2.32. The van der Waals surface area contributed by atoms with Crippen LogP contribution in [0.4, 0.5) is 10.1 Å². The first-order chi connectivity index (χ1) is 17.4. The fourth-order valence-electron chi connectivity index (χ4n) is 4.21. The largest absolute Gasteiger partial charge is 0.462 e. The van der Waals surface area contributed by atoms with Gasteiger partial charge in [-0.1, -0.05) is 23.7 Å². The van der Waals surface area contributed by atoms with Crippen LogP contribution in [-0.4, -0.2) is 47.4 Å². The highest BCUT2D eigenvalue weighted by Crippen LogP contribution is 2.30. The number of halogens is 2. The van der Waals surface area contributed by atoms with Crippen LogP contribution in [0.25, 0.3) is 0 Å². The third-order valence-electron chi connectivity index (χ3n) is 6.15. The van der Waals surface area contributed by atoms with Crippen LogP contribution < -0.4 is 5.32 Å². The zero-order valence-electron chi connectivity index (χ0n) is 19.7. The van der Waals surface area contributed by atoms with E-state index in [9.17, 15) is 18.8 Å². The molecule has 36 heavy (non-hydrogen) atoms. The van der Waals surface area contributed by atoms with Gasteiger partial charge in [-0.05, 0) is 73.7 Å². The Balaban J connectivity index is 1.32. The van der Waals surface area contributed by atoms with Gasteiger partial charge in [0.1, 0.15) is 16.5 Å². The van der Waals surface area contributed by atoms with Crippen molar-refractivity contribution >= 4 is 35.1 Å². The summed E-state index contributed by atoms with van der Waals surface area (Å²) in [7, 11) is 0. The highest BCUT2D eigenvalue weighted by Gasteiger charge is 2.25. The first-order valence-corrected chi connectivity index (χ1v) is 12.0. The molecule has 1 fully saturated rings. The fraction of sp³-hybridized carbons (Fsp3) is 0.259. The molecular formula is C27H25ClFN3O4. The zero-order valence-corrected chi connectivity index (χ0v) is 20.4. The number of hydrogen-bond acceptors (Lipinski definition) is 5. The molecule has 0 radical (unpaired) electrons. The van der Waals surface area contributed by atoms with Gasteiger partial charge in [0, 0.05) is 30.5 Å². The van der Waals surface area contributed by atoms with Crippen molar-refractivity contribution in [3.63, 3.8) is 0 Å². The Labute approximate surface area is 213 Å². The van der Waals surface area contributed by atoms with Gasteiger partial charge < -0.3 is 15.0 Å². The van der Waals surface area contributed by atoms with E-state index in [4.69, 9.17) is 16.3 Å². The summed E-state index contributed by atoms with van der Waals surface area (Å²) < 4.78 is 18.9. The molecule has 1 N–H and O–H groups in total. The Bertz CT molecular complexity index is 1240. The number of piperidine rings is 1. The molecule has 1 aliphatic heterocycles. The number of hydrogen-bond donors (Lipinski definition) is 1. The van der Waals surface area contributed by atoms with E-state index in [1.165, 1.54) is 6.20 Å². The molecule has 2 amide bonds. The number of ether oxygens (including phenoxy) is 1. The number of nitrogens with one attached hydrogen (secondary N) is 1. The molecule has 0 saturated carbocycles. The van der Waals surface area contributed by atoms with Gasteiger partial charge in [-0.2, -0.15) is 0 Å². The molecule has 0 unspecified atom stereocenters. The second-order valence-corrected chi connectivity index (χ2v) is 8.76. The number of likely N-dealkylation sites (tertiary alicyclic amines) is 1. The number of rotatable bonds is 6. The average Bonchev–Trinajstić information content (AvgIpc) is 2.89. The summed E-state index contributed by atoms with van der Waals surface area (Å²) in [6, 6.07) is 15.0. The Hall–Kier alpha value is -3.78. The van der Waals surface area contributed by atoms with E-state index in [-0.39, 0.29) is 22.5 Å². The SMILES string of the molecule is CCOC(=O)c1ccc(C(=O)N2CCC(c3ccc(NC(=O)c4c(F)ccnc4Cl)cc3)CC2)cc1. The summed E-state index contributed by atoms with van der Waals surface area (Å²) in [6.07, 6.45) is 2.80. The molecule has 1 aliphatic rings. The number of carbonyl (C=O) groups is 3. The van der Waals surface area contributed by atoms with Crippen LogP contribution in [0.5, 0.6) is 0 Å². The van der Waals surface area contributed by atoms with Gasteiger partial charge in [0.25, 0.3) is 11.8 Å². The summed E-state index contributed by atoms with van der Waals surface area (Å²) in [4.78, 5) is 42.7. The summed E-state index contributed by atoms with van der Waals surface area (Å²) in [5.41, 5.74) is 2.27. The molecule has 7 nitrogen and oxygen atoms in total. The lowest BCUT2D eigenvalue weighted by Crippen LogP contribution is -2.37. The van der Waals surface area contributed by atoms with Gasteiger partial charge >= 0.3 is 5.97 Å². The predicted molar refractivity (Wildman–Crippen MR) is 134 cm³/mol. The monoisotopic (exact) mass is 509 g/mol. The highest BCUT2D eigenvalue weighted by atomic mass is 35.5. The number of nitrogens with zero attached hydrogens (tertiary/aromatic N) is 2. The second-order valence-electron chi connectivity index (χ2n) is 8.40. The normalized spacial score (nSPS) is 13.8. The Morgan fingerprint density at radius 2 is 1.67 bits per heavy atom. The molecule has 2 heterocycles. The number of benzene rings is 2. The third-order valence-corrected chi connectivity index (χ3v) is 6.43. The minimum atomic E-state index is -0.736. The van der Waals surface area contributed by atoms with Crippen molar-refractivity contribution in [1.29, 1.82) is 0 Å². The van der Waals surface area contributed by atoms with Crippen molar-refractivity contribution in [3.05, 3.63) is 94.0 Å². The topological polar surface area (TPSA) is 88.6 Å². The summed E-state index contributed by atoms with van der Waals surface area (Å²) in [5.74, 6) is -1.60. The molecule has 9 heteroatoms. The van der Waals surface area contributed by atoms with E-state index in [2.05, 4.69) is 10.3 Å². The first-order valence-electron chi connectivity index (χ1n) is 11.6. The lowest BCUT2D eigenvalue weighted by molar-refractivity contribution is 0.0525. The van der Waals surface area contributed by atoms with Gasteiger partial charge in [0.05, 0.1) is 12.2 Å². The van der Waals surface area contributed by atoms with Crippen molar-refractivity contribution < 1.29 is 23.5 Å². The number of aromatic nitrogens is 1. The van der Waals surface area contributed by atoms with E-state index >= 15 is 0 Å². The first kappa shape index (κ1) is 25.3. The number of amides is 2. The molecule has 1 saturated heterocycles. The average molecular weight is 510 g/mol. The molecule has 4 rings (SSSR count). The van der Waals surface area contributed by atoms with Crippen LogP contribution in [0.3, 0.4) is 0 Å². The summed E-state index contributed by atoms with van der Waals surface area (Å²) in [5, 5.41) is 2.45. The summed E-state index contributed by atoms with van der Waals surface area (Å²) >= 11 is 5.86. The van der Waals surface area contributed by atoms with Crippen molar-refractivity contribution in [1.82, 2.24) is 9.88 Å². The minimum Gasteiger partial charge on any atom is -0.462 e. The number of esters is 1. The molecule has 2 aromatic carbocycles. The smallest absolute Gasteiger partial charge is 0.338 e. The van der Waals surface area contributed by atoms with Crippen molar-refractivity contribution in [3.8, 4) is 0 Å². The molecule has 0 atom stereocenters. The molecule has 1 aromatic heterocycles. The van der Waals surface area contributed by atoms with Gasteiger partial charge in [0.2, 0.25) is 0 Å². The zero-order chi connectivity index (χ0) is 25.7. The highest BCUT2D eigenvalue weighted by molar-refractivity contribution is 6.33. The van der Waals surface area contributed by atoms with E-state index in [1.807, 2.05) is 17.0 Å². The fourth-order valence-corrected chi connectivity index (χ4v) is 4.44. The number of carbonyl (C=O) groups excluding carboxylic acids is 3. The molecule has 186 valence electrons.